The van der Waals surface area contributed by atoms with Crippen molar-refractivity contribution in [3.05, 3.63) is 59.2 Å². The number of aryl methyl sites for hydroxylation is 1. The van der Waals surface area contributed by atoms with Gasteiger partial charge in [-0.05, 0) is 71.9 Å². The summed E-state index contributed by atoms with van der Waals surface area (Å²) in [7, 11) is 0. The fourth-order valence-electron chi connectivity index (χ4n) is 3.80. The van der Waals surface area contributed by atoms with Gasteiger partial charge in [0.25, 0.3) is 0 Å². The molecule has 3 unspecified atom stereocenters. The summed E-state index contributed by atoms with van der Waals surface area (Å²) in [5.41, 5.74) is 2.30. The van der Waals surface area contributed by atoms with Gasteiger partial charge in [0.05, 0.1) is 0 Å². The molecule has 2 aliphatic carbocycles. The van der Waals surface area contributed by atoms with Gasteiger partial charge in [-0.15, -0.1) is 0 Å². The number of hydrogen-bond donors (Lipinski definition) is 0. The van der Waals surface area contributed by atoms with Crippen LogP contribution in [0.25, 0.3) is 0 Å². The Balaban J connectivity index is 2.12. The monoisotopic (exact) mass is 274 g/mol. The van der Waals surface area contributed by atoms with Crippen LogP contribution >= 0.6 is 0 Å². The predicted molar refractivity (Wildman–Crippen MR) is 77.6 cm³/mol. The average Bonchev–Trinajstić information content (AvgIpc) is 2.54. The summed E-state index contributed by atoms with van der Waals surface area (Å²) in [4.78, 5) is 0. The molecule has 0 bridgehead atoms. The quantitative estimate of drug-likeness (QED) is 0.663. The fraction of sp³-hybridized carbons (Fsp3) is 0.444. The van der Waals surface area contributed by atoms with Crippen LogP contribution in [0.5, 0.6) is 0 Å². The molecule has 0 N–H and O–H groups in total. The molecule has 0 fully saturated rings. The van der Waals surface area contributed by atoms with Gasteiger partial charge in [0.2, 0.25) is 0 Å². The fourth-order valence-corrected chi connectivity index (χ4v) is 3.80. The molecule has 0 nitrogen and oxygen atoms in total. The average molecular weight is 274 g/mol. The Hall–Kier alpha value is -1.44. The first-order valence-corrected chi connectivity index (χ1v) is 7.40. The topological polar surface area (TPSA) is 0 Å². The zero-order valence-electron chi connectivity index (χ0n) is 11.9. The molecule has 2 heteroatoms. The minimum Gasteiger partial charge on any atom is -0.207 e. The Morgan fingerprint density at radius 3 is 2.75 bits per heavy atom. The summed E-state index contributed by atoms with van der Waals surface area (Å²) >= 11 is 0. The third-order valence-corrected chi connectivity index (χ3v) is 4.70. The Labute approximate surface area is 119 Å². The van der Waals surface area contributed by atoms with Gasteiger partial charge < -0.3 is 0 Å². The highest BCUT2D eigenvalue weighted by molar-refractivity contribution is 5.37. The van der Waals surface area contributed by atoms with E-state index in [1.165, 1.54) is 11.6 Å². The Morgan fingerprint density at radius 2 is 2.00 bits per heavy atom. The van der Waals surface area contributed by atoms with Gasteiger partial charge in [-0.25, -0.2) is 8.78 Å². The molecule has 0 amide bonds. The van der Waals surface area contributed by atoms with E-state index in [0.29, 0.717) is 11.8 Å². The minimum absolute atomic E-state index is 0.142. The summed E-state index contributed by atoms with van der Waals surface area (Å²) in [6.45, 7) is 4.29. The van der Waals surface area contributed by atoms with Crippen molar-refractivity contribution in [1.29, 1.82) is 0 Å². The van der Waals surface area contributed by atoms with Crippen molar-refractivity contribution in [2.24, 2.45) is 17.8 Å². The minimum atomic E-state index is -0.191. The number of allylic oxidation sites excluding steroid dienone is 4. The van der Waals surface area contributed by atoms with Crippen molar-refractivity contribution >= 4 is 0 Å². The van der Waals surface area contributed by atoms with E-state index in [4.69, 9.17) is 0 Å². The van der Waals surface area contributed by atoms with Crippen molar-refractivity contribution < 1.29 is 8.78 Å². The van der Waals surface area contributed by atoms with Gasteiger partial charge in [-0.3, -0.25) is 0 Å². The van der Waals surface area contributed by atoms with Crippen molar-refractivity contribution in [3.8, 4) is 0 Å². The van der Waals surface area contributed by atoms with Gasteiger partial charge >= 0.3 is 0 Å². The highest BCUT2D eigenvalue weighted by atomic mass is 19.1. The molecule has 3 rings (SSSR count). The molecule has 0 saturated carbocycles. The van der Waals surface area contributed by atoms with E-state index >= 15 is 0 Å². The third kappa shape index (κ3) is 2.32. The molecule has 0 heterocycles. The van der Waals surface area contributed by atoms with Gasteiger partial charge in [0.1, 0.15) is 11.6 Å². The van der Waals surface area contributed by atoms with Crippen molar-refractivity contribution in [1.82, 2.24) is 0 Å². The molecular formula is C18H20F2. The zero-order chi connectivity index (χ0) is 14.3. The molecule has 2 aliphatic rings. The second-order valence-electron chi connectivity index (χ2n) is 6.30. The normalized spacial score (nSPS) is 28.6. The lowest BCUT2D eigenvalue weighted by molar-refractivity contribution is 0.319. The molecule has 0 aliphatic heterocycles. The van der Waals surface area contributed by atoms with Crippen LogP contribution in [0.4, 0.5) is 8.78 Å². The van der Waals surface area contributed by atoms with Crippen LogP contribution in [0.2, 0.25) is 0 Å². The smallest absolute Gasteiger partial charge is 0.123 e. The summed E-state index contributed by atoms with van der Waals surface area (Å²) in [6, 6.07) is 5.10. The lowest BCUT2D eigenvalue weighted by Crippen LogP contribution is -2.23. The molecule has 0 aromatic heterocycles. The molecule has 0 saturated heterocycles. The SMILES string of the molecule is CC(C)C1c2cc(F)ccc2CCC2C=CC(F)=CC21. The van der Waals surface area contributed by atoms with Crippen LogP contribution in [0.3, 0.4) is 0 Å². The van der Waals surface area contributed by atoms with E-state index in [1.54, 1.807) is 18.2 Å². The van der Waals surface area contributed by atoms with Crippen LogP contribution in [0, 0.1) is 23.6 Å². The first kappa shape index (κ1) is 13.5. The first-order chi connectivity index (χ1) is 9.56. The van der Waals surface area contributed by atoms with Crippen molar-refractivity contribution in [2.45, 2.75) is 32.6 Å². The van der Waals surface area contributed by atoms with E-state index in [2.05, 4.69) is 13.8 Å². The third-order valence-electron chi connectivity index (χ3n) is 4.70. The lowest BCUT2D eigenvalue weighted by Gasteiger charge is -2.33. The van der Waals surface area contributed by atoms with E-state index in [1.807, 2.05) is 12.1 Å². The van der Waals surface area contributed by atoms with Crippen LogP contribution in [-0.2, 0) is 6.42 Å². The van der Waals surface area contributed by atoms with Crippen LogP contribution in [-0.4, -0.2) is 0 Å². The van der Waals surface area contributed by atoms with Crippen LogP contribution < -0.4 is 0 Å². The van der Waals surface area contributed by atoms with Gasteiger partial charge in [-0.2, -0.15) is 0 Å². The lowest BCUT2D eigenvalue weighted by atomic mass is 9.71. The Morgan fingerprint density at radius 1 is 1.20 bits per heavy atom. The largest absolute Gasteiger partial charge is 0.207 e. The first-order valence-electron chi connectivity index (χ1n) is 7.40. The molecule has 20 heavy (non-hydrogen) atoms. The van der Waals surface area contributed by atoms with Gasteiger partial charge in [-0.1, -0.05) is 26.0 Å². The van der Waals surface area contributed by atoms with E-state index in [0.717, 1.165) is 18.4 Å². The van der Waals surface area contributed by atoms with Gasteiger partial charge in [0, 0.05) is 0 Å². The van der Waals surface area contributed by atoms with E-state index < -0.39 is 0 Å². The standard InChI is InChI=1S/C18H20F2/c1-11(2)18-16-9-14(19)7-5-12(16)3-4-13-6-8-15(20)10-17(13)18/h5-12,16,18H,3-4H2,1-2H3. The Bertz CT molecular complexity index is 569. The maximum atomic E-state index is 13.7. The van der Waals surface area contributed by atoms with Crippen molar-refractivity contribution in [3.63, 3.8) is 0 Å². The molecule has 0 spiro atoms. The highest BCUT2D eigenvalue weighted by Gasteiger charge is 2.35. The van der Waals surface area contributed by atoms with E-state index in [9.17, 15) is 8.78 Å². The summed E-state index contributed by atoms with van der Waals surface area (Å²) in [5.74, 6) is 0.696. The maximum absolute atomic E-state index is 13.7. The number of benzene rings is 1. The highest BCUT2D eigenvalue weighted by Crippen LogP contribution is 2.45. The molecule has 1 aromatic carbocycles. The Kier molecular flexibility index (Phi) is 3.49. The van der Waals surface area contributed by atoms with E-state index in [-0.39, 0.29) is 23.5 Å². The maximum Gasteiger partial charge on any atom is 0.123 e. The van der Waals surface area contributed by atoms with Crippen LogP contribution in [0.1, 0.15) is 37.3 Å². The molecule has 1 aromatic rings. The number of rotatable bonds is 1. The summed E-state index contributed by atoms with van der Waals surface area (Å²) in [6.07, 6.45) is 7.27. The second-order valence-corrected chi connectivity index (χ2v) is 6.30. The summed E-state index contributed by atoms with van der Waals surface area (Å²) < 4.78 is 27.3. The van der Waals surface area contributed by atoms with Crippen LogP contribution in [0.15, 0.2) is 42.3 Å². The zero-order valence-corrected chi connectivity index (χ0v) is 11.9. The number of halogens is 2. The number of hydrogen-bond acceptors (Lipinski definition) is 0. The molecule has 3 atom stereocenters. The second kappa shape index (κ2) is 5.16. The number of fused-ring (bicyclic) bond motifs is 2. The summed E-state index contributed by atoms with van der Waals surface area (Å²) in [5, 5.41) is 0. The van der Waals surface area contributed by atoms with Crippen molar-refractivity contribution in [2.75, 3.05) is 0 Å². The van der Waals surface area contributed by atoms with Gasteiger partial charge in [0.15, 0.2) is 0 Å². The predicted octanol–water partition coefficient (Wildman–Crippen LogP) is 5.17. The molecular weight excluding hydrogens is 254 g/mol. The molecule has 0 radical (unpaired) electrons. The molecule has 106 valence electrons.